The molecule has 1 aromatic rings. The number of thiophene rings is 1. The van der Waals surface area contributed by atoms with Gasteiger partial charge in [0.1, 0.15) is 0 Å². The largest absolute Gasteiger partial charge is 0.314 e. The van der Waals surface area contributed by atoms with E-state index in [1.54, 1.807) is 11.3 Å². The zero-order valence-electron chi connectivity index (χ0n) is 11.0. The lowest BCUT2D eigenvalue weighted by Gasteiger charge is -2.38. The van der Waals surface area contributed by atoms with Crippen LogP contribution in [0.2, 0.25) is 0 Å². The molecule has 3 heteroatoms. The zero-order chi connectivity index (χ0) is 12.1. The van der Waals surface area contributed by atoms with Crippen molar-refractivity contribution >= 4 is 11.3 Å². The van der Waals surface area contributed by atoms with Crippen LogP contribution in [0.1, 0.15) is 32.3 Å². The van der Waals surface area contributed by atoms with Gasteiger partial charge in [0.2, 0.25) is 0 Å². The summed E-state index contributed by atoms with van der Waals surface area (Å²) in [5.74, 6) is 0. The van der Waals surface area contributed by atoms with Gasteiger partial charge in [-0.3, -0.25) is 0 Å². The summed E-state index contributed by atoms with van der Waals surface area (Å²) >= 11 is 1.81. The van der Waals surface area contributed by atoms with Crippen molar-refractivity contribution in [3.8, 4) is 0 Å². The first-order valence-electron chi connectivity index (χ1n) is 6.78. The van der Waals surface area contributed by atoms with E-state index in [1.807, 2.05) is 0 Å². The molecular weight excluding hydrogens is 228 g/mol. The van der Waals surface area contributed by atoms with Gasteiger partial charge >= 0.3 is 0 Å². The van der Waals surface area contributed by atoms with Gasteiger partial charge in [-0.1, -0.05) is 6.92 Å². The molecule has 2 nitrogen and oxygen atoms in total. The summed E-state index contributed by atoms with van der Waals surface area (Å²) in [5.41, 5.74) is 1.50. The third-order valence-corrected chi connectivity index (χ3v) is 4.51. The van der Waals surface area contributed by atoms with E-state index in [2.05, 4.69) is 40.9 Å². The number of nitrogens with one attached hydrogen (secondary N) is 1. The molecule has 96 valence electrons. The first kappa shape index (κ1) is 13.1. The van der Waals surface area contributed by atoms with E-state index in [0.717, 1.165) is 18.6 Å². The highest BCUT2D eigenvalue weighted by molar-refractivity contribution is 7.07. The molecule has 0 radical (unpaired) electrons. The molecule has 2 atom stereocenters. The molecule has 0 amide bonds. The summed E-state index contributed by atoms with van der Waals surface area (Å²) in [6.45, 7) is 8.15. The van der Waals surface area contributed by atoms with Gasteiger partial charge in [-0.25, -0.2) is 0 Å². The SMILES string of the molecule is CCNC1CCN(CCc2ccsc2)C(C)C1. The molecule has 1 aliphatic heterocycles. The van der Waals surface area contributed by atoms with Crippen molar-refractivity contribution in [1.29, 1.82) is 0 Å². The molecule has 1 N–H and O–H groups in total. The Morgan fingerprint density at radius 1 is 1.53 bits per heavy atom. The van der Waals surface area contributed by atoms with Gasteiger partial charge in [0, 0.05) is 18.6 Å². The quantitative estimate of drug-likeness (QED) is 0.867. The summed E-state index contributed by atoms with van der Waals surface area (Å²) in [4.78, 5) is 2.64. The van der Waals surface area contributed by atoms with Crippen molar-refractivity contribution in [3.05, 3.63) is 22.4 Å². The third kappa shape index (κ3) is 3.80. The first-order chi connectivity index (χ1) is 8.29. The van der Waals surface area contributed by atoms with Crippen LogP contribution in [-0.4, -0.2) is 36.6 Å². The Kier molecular flexibility index (Phi) is 5.01. The van der Waals surface area contributed by atoms with Gasteiger partial charge < -0.3 is 10.2 Å². The van der Waals surface area contributed by atoms with Crippen LogP contribution in [0.4, 0.5) is 0 Å². The maximum atomic E-state index is 3.58. The van der Waals surface area contributed by atoms with Crippen LogP contribution in [0.3, 0.4) is 0 Å². The van der Waals surface area contributed by atoms with Gasteiger partial charge in [0.15, 0.2) is 0 Å². The van der Waals surface area contributed by atoms with Crippen molar-refractivity contribution in [1.82, 2.24) is 10.2 Å². The summed E-state index contributed by atoms with van der Waals surface area (Å²) in [7, 11) is 0. The van der Waals surface area contributed by atoms with E-state index in [-0.39, 0.29) is 0 Å². The molecule has 2 unspecified atom stereocenters. The maximum Gasteiger partial charge on any atom is 0.00939 e. The molecule has 2 rings (SSSR count). The second kappa shape index (κ2) is 6.53. The van der Waals surface area contributed by atoms with Gasteiger partial charge in [0.25, 0.3) is 0 Å². The van der Waals surface area contributed by atoms with Crippen molar-refractivity contribution in [2.45, 2.75) is 45.2 Å². The fourth-order valence-electron chi connectivity index (χ4n) is 2.73. The summed E-state index contributed by atoms with van der Waals surface area (Å²) < 4.78 is 0. The molecule has 0 spiro atoms. The first-order valence-corrected chi connectivity index (χ1v) is 7.72. The van der Waals surface area contributed by atoms with Crippen LogP contribution in [0.5, 0.6) is 0 Å². The van der Waals surface area contributed by atoms with E-state index >= 15 is 0 Å². The van der Waals surface area contributed by atoms with Crippen LogP contribution in [0, 0.1) is 0 Å². The van der Waals surface area contributed by atoms with Crippen LogP contribution in [0.15, 0.2) is 16.8 Å². The normalized spacial score (nSPS) is 26.2. The molecule has 0 aliphatic carbocycles. The molecule has 0 aromatic carbocycles. The lowest BCUT2D eigenvalue weighted by molar-refractivity contribution is 0.138. The Morgan fingerprint density at radius 3 is 3.06 bits per heavy atom. The Balaban J connectivity index is 1.75. The lowest BCUT2D eigenvalue weighted by Crippen LogP contribution is -2.47. The highest BCUT2D eigenvalue weighted by atomic mass is 32.1. The lowest BCUT2D eigenvalue weighted by atomic mass is 9.98. The second-order valence-corrected chi connectivity index (χ2v) is 5.83. The van der Waals surface area contributed by atoms with Crippen LogP contribution >= 0.6 is 11.3 Å². The minimum atomic E-state index is 0.728. The number of hydrogen-bond acceptors (Lipinski definition) is 3. The van der Waals surface area contributed by atoms with Gasteiger partial charge in [-0.15, -0.1) is 0 Å². The monoisotopic (exact) mass is 252 g/mol. The second-order valence-electron chi connectivity index (χ2n) is 5.05. The molecule has 17 heavy (non-hydrogen) atoms. The van der Waals surface area contributed by atoms with E-state index < -0.39 is 0 Å². The van der Waals surface area contributed by atoms with Crippen molar-refractivity contribution in [2.75, 3.05) is 19.6 Å². The van der Waals surface area contributed by atoms with Gasteiger partial charge in [0.05, 0.1) is 0 Å². The minimum absolute atomic E-state index is 0.728. The maximum absolute atomic E-state index is 3.58. The van der Waals surface area contributed by atoms with Crippen LogP contribution < -0.4 is 5.32 Å². The van der Waals surface area contributed by atoms with Crippen molar-refractivity contribution < 1.29 is 0 Å². The predicted octanol–water partition coefficient (Wildman–Crippen LogP) is 2.75. The van der Waals surface area contributed by atoms with E-state index in [1.165, 1.54) is 37.9 Å². The van der Waals surface area contributed by atoms with Crippen molar-refractivity contribution in [2.24, 2.45) is 0 Å². The number of nitrogens with zero attached hydrogens (tertiary/aromatic N) is 1. The zero-order valence-corrected chi connectivity index (χ0v) is 11.8. The van der Waals surface area contributed by atoms with Gasteiger partial charge in [-0.05, 0) is 61.7 Å². The molecule has 2 heterocycles. The molecule has 1 aliphatic rings. The molecule has 1 aromatic heterocycles. The van der Waals surface area contributed by atoms with E-state index in [0.29, 0.717) is 0 Å². The Hall–Kier alpha value is -0.380. The number of hydrogen-bond donors (Lipinski definition) is 1. The average Bonchev–Trinajstić information content (AvgIpc) is 2.81. The fourth-order valence-corrected chi connectivity index (χ4v) is 3.44. The van der Waals surface area contributed by atoms with E-state index in [9.17, 15) is 0 Å². The average molecular weight is 252 g/mol. The number of likely N-dealkylation sites (tertiary alicyclic amines) is 1. The Morgan fingerprint density at radius 2 is 2.41 bits per heavy atom. The third-order valence-electron chi connectivity index (χ3n) is 3.77. The van der Waals surface area contributed by atoms with Gasteiger partial charge in [-0.2, -0.15) is 11.3 Å². The number of rotatable bonds is 5. The van der Waals surface area contributed by atoms with E-state index in [4.69, 9.17) is 0 Å². The van der Waals surface area contributed by atoms with Crippen LogP contribution in [0.25, 0.3) is 0 Å². The molecule has 1 fully saturated rings. The smallest absolute Gasteiger partial charge is 0.00939 e. The Bertz CT molecular complexity index is 310. The summed E-state index contributed by atoms with van der Waals surface area (Å²) in [6, 6.07) is 3.72. The fraction of sp³-hybridized carbons (Fsp3) is 0.714. The molecular formula is C14H24N2S. The predicted molar refractivity (Wildman–Crippen MR) is 75.8 cm³/mol. The van der Waals surface area contributed by atoms with Crippen molar-refractivity contribution in [3.63, 3.8) is 0 Å². The standard InChI is InChI=1S/C14H24N2S/c1-3-15-14-5-8-16(12(2)10-14)7-4-13-6-9-17-11-13/h6,9,11-12,14-15H,3-5,7-8,10H2,1-2H3. The minimum Gasteiger partial charge on any atom is -0.314 e. The molecule has 1 saturated heterocycles. The number of piperidine rings is 1. The topological polar surface area (TPSA) is 15.3 Å². The molecule has 0 bridgehead atoms. The summed E-state index contributed by atoms with van der Waals surface area (Å²) in [5, 5.41) is 8.03. The highest BCUT2D eigenvalue weighted by Gasteiger charge is 2.24. The summed E-state index contributed by atoms with van der Waals surface area (Å²) in [6.07, 6.45) is 3.82. The highest BCUT2D eigenvalue weighted by Crippen LogP contribution is 2.18. The molecule has 0 saturated carbocycles. The van der Waals surface area contributed by atoms with Crippen LogP contribution in [-0.2, 0) is 6.42 Å². The Labute approximate surface area is 109 Å².